The van der Waals surface area contributed by atoms with Crippen molar-refractivity contribution < 1.29 is 28.1 Å². The number of hydrogen-bond acceptors (Lipinski definition) is 3. The number of unbranched alkanes of at least 4 members (excludes halogenated alkanes) is 15. The Morgan fingerprint density at radius 3 is 1.62 bits per heavy atom. The Hall–Kier alpha value is -0.750. The molecule has 228 valence electrons. The molecule has 0 aromatic heterocycles. The van der Waals surface area contributed by atoms with Crippen molar-refractivity contribution in [3.05, 3.63) is 35.9 Å². The minimum absolute atomic E-state index is 0.0102. The normalized spacial score (nSPS) is 14.0. The minimum atomic E-state index is -4.50. The molecule has 7 heteroatoms. The first-order chi connectivity index (χ1) is 18.6. The molecule has 0 fully saturated rings. The zero-order valence-electron chi connectivity index (χ0n) is 25.7. The molecule has 0 bridgehead atoms. The van der Waals surface area contributed by atoms with Gasteiger partial charge in [0.2, 0.25) is 0 Å². The molecule has 39 heavy (non-hydrogen) atoms. The van der Waals surface area contributed by atoms with Crippen molar-refractivity contribution in [3.63, 3.8) is 0 Å². The van der Waals surface area contributed by atoms with Gasteiger partial charge in [-0.3, -0.25) is 4.52 Å². The molecule has 0 heterocycles. The van der Waals surface area contributed by atoms with Gasteiger partial charge in [-0.2, -0.15) is 0 Å². The van der Waals surface area contributed by atoms with Crippen LogP contribution in [0.15, 0.2) is 30.3 Å². The molecule has 2 N–H and O–H groups in total. The summed E-state index contributed by atoms with van der Waals surface area (Å²) >= 11 is 0. The van der Waals surface area contributed by atoms with Crippen molar-refractivity contribution >= 4 is 7.82 Å². The Bertz CT molecular complexity index is 734. The highest BCUT2D eigenvalue weighted by atomic mass is 31.2. The summed E-state index contributed by atoms with van der Waals surface area (Å²) in [7, 11) is 1.60. The van der Waals surface area contributed by atoms with Crippen molar-refractivity contribution in [2.45, 2.75) is 128 Å². The highest BCUT2D eigenvalue weighted by Gasteiger charge is 2.31. The zero-order valence-corrected chi connectivity index (χ0v) is 26.6. The van der Waals surface area contributed by atoms with Crippen molar-refractivity contribution in [1.82, 2.24) is 0 Å². The lowest BCUT2D eigenvalue weighted by Crippen LogP contribution is -2.48. The average molecular weight is 571 g/mol. The van der Waals surface area contributed by atoms with Gasteiger partial charge in [0.25, 0.3) is 0 Å². The van der Waals surface area contributed by atoms with Crippen LogP contribution in [-0.2, 0) is 13.8 Å². The van der Waals surface area contributed by atoms with E-state index in [1.807, 2.05) is 39.3 Å². The maximum absolute atomic E-state index is 11.3. The van der Waals surface area contributed by atoms with E-state index >= 15 is 0 Å². The molecular weight excluding hydrogens is 509 g/mol. The first-order valence-corrected chi connectivity index (χ1v) is 17.3. The number of hydrogen-bond donors (Lipinski definition) is 2. The molecule has 1 rings (SSSR count). The molecule has 0 saturated heterocycles. The van der Waals surface area contributed by atoms with E-state index in [9.17, 15) is 14.4 Å². The Morgan fingerprint density at radius 2 is 1.18 bits per heavy atom. The molecule has 0 saturated carbocycles. The predicted molar refractivity (Wildman–Crippen MR) is 164 cm³/mol. The topological polar surface area (TPSA) is 76.0 Å². The second-order valence-electron chi connectivity index (χ2n) is 12.3. The summed E-state index contributed by atoms with van der Waals surface area (Å²) < 4.78 is 22.9. The van der Waals surface area contributed by atoms with Crippen LogP contribution in [0.3, 0.4) is 0 Å². The van der Waals surface area contributed by atoms with Crippen molar-refractivity contribution in [1.29, 1.82) is 0 Å². The maximum Gasteiger partial charge on any atom is 0.469 e. The van der Waals surface area contributed by atoms with Crippen LogP contribution < -0.4 is 0 Å². The van der Waals surface area contributed by atoms with E-state index in [0.717, 1.165) is 19.4 Å². The summed E-state index contributed by atoms with van der Waals surface area (Å²) in [4.78, 5) is 18.4. The van der Waals surface area contributed by atoms with E-state index in [1.54, 1.807) is 0 Å². The molecular formula is C32H61NO5P+. The molecule has 0 amide bonds. The van der Waals surface area contributed by atoms with Crippen LogP contribution in [-0.4, -0.2) is 61.3 Å². The molecule has 0 spiro atoms. The van der Waals surface area contributed by atoms with E-state index in [0.29, 0.717) is 11.1 Å². The largest absolute Gasteiger partial charge is 0.469 e. The molecule has 6 nitrogen and oxygen atoms in total. The highest BCUT2D eigenvalue weighted by Crippen LogP contribution is 2.37. The Morgan fingerprint density at radius 1 is 0.718 bits per heavy atom. The predicted octanol–water partition coefficient (Wildman–Crippen LogP) is 8.62. The first-order valence-electron chi connectivity index (χ1n) is 15.8. The smallest absolute Gasteiger partial charge is 0.381 e. The van der Waals surface area contributed by atoms with Gasteiger partial charge in [-0.1, -0.05) is 134 Å². The highest BCUT2D eigenvalue weighted by molar-refractivity contribution is 7.46. The van der Waals surface area contributed by atoms with Crippen molar-refractivity contribution in [2.75, 3.05) is 41.0 Å². The average Bonchev–Trinajstić information content (AvgIpc) is 2.88. The van der Waals surface area contributed by atoms with E-state index in [4.69, 9.17) is 9.26 Å². The van der Waals surface area contributed by atoms with Crippen molar-refractivity contribution in [2.24, 2.45) is 0 Å². The monoisotopic (exact) mass is 570 g/mol. The summed E-state index contributed by atoms with van der Waals surface area (Å²) in [5.74, 6) is 0.148. The zero-order chi connectivity index (χ0) is 28.8. The van der Waals surface area contributed by atoms with Gasteiger partial charge in [0, 0.05) is 18.9 Å². The summed E-state index contributed by atoms with van der Waals surface area (Å²) in [5.41, 5.74) is 1.19. The summed E-state index contributed by atoms with van der Waals surface area (Å²) in [6.07, 6.45) is 22.5. The number of phosphoric ester groups is 1. The van der Waals surface area contributed by atoms with Gasteiger partial charge in [0.05, 0.1) is 27.7 Å². The van der Waals surface area contributed by atoms with Gasteiger partial charge in [-0.25, -0.2) is 4.57 Å². The summed E-state index contributed by atoms with van der Waals surface area (Å²) in [5, 5.41) is 0. The Kier molecular flexibility index (Phi) is 20.4. The molecule has 1 aromatic rings. The van der Waals surface area contributed by atoms with E-state index < -0.39 is 7.82 Å². The molecule has 2 atom stereocenters. The number of quaternary nitrogens is 1. The first kappa shape index (κ1) is 36.3. The fraction of sp³-hybridized carbons (Fsp3) is 0.812. The van der Waals surface area contributed by atoms with Crippen molar-refractivity contribution in [3.8, 4) is 0 Å². The third-order valence-electron chi connectivity index (χ3n) is 7.82. The van der Waals surface area contributed by atoms with Gasteiger partial charge in [0.15, 0.2) is 0 Å². The van der Waals surface area contributed by atoms with Crippen LogP contribution in [0.25, 0.3) is 0 Å². The van der Waals surface area contributed by atoms with Gasteiger partial charge in [0.1, 0.15) is 12.6 Å². The fourth-order valence-electron chi connectivity index (χ4n) is 5.12. The van der Waals surface area contributed by atoms with Crippen LogP contribution in [0.2, 0.25) is 0 Å². The Balaban J connectivity index is 2.20. The lowest BCUT2D eigenvalue weighted by Gasteiger charge is -2.36. The molecule has 0 aliphatic carbocycles. The number of nitrogens with zero attached hydrogens (tertiary/aromatic N) is 1. The molecule has 0 radical (unpaired) electrons. The summed E-state index contributed by atoms with van der Waals surface area (Å²) in [6, 6.07) is 10.2. The molecule has 1 aromatic carbocycles. The summed E-state index contributed by atoms with van der Waals surface area (Å²) in [6.45, 7) is 3.66. The minimum Gasteiger partial charge on any atom is -0.381 e. The van der Waals surface area contributed by atoms with Gasteiger partial charge < -0.3 is 19.0 Å². The van der Waals surface area contributed by atoms with E-state index in [1.165, 1.54) is 102 Å². The lowest BCUT2D eigenvalue weighted by atomic mass is 9.92. The number of rotatable bonds is 26. The number of ether oxygens (including phenoxy) is 1. The maximum atomic E-state index is 11.3. The van der Waals surface area contributed by atoms with Gasteiger partial charge in [-0.15, -0.1) is 0 Å². The number of benzene rings is 1. The van der Waals surface area contributed by atoms with E-state index in [2.05, 4.69) is 19.1 Å². The fourth-order valence-corrected chi connectivity index (χ4v) is 5.49. The van der Waals surface area contributed by atoms with Gasteiger partial charge >= 0.3 is 7.82 Å². The number of phosphoric acid groups is 1. The second kappa shape index (κ2) is 21.9. The quantitative estimate of drug-likeness (QED) is 0.0662. The SMILES string of the molecule is CCCCCCCCCCCCCCCCCCOCC(CC(COP(=O)(O)O)[N+](C)(C)C)c1ccccc1. The van der Waals surface area contributed by atoms with Gasteiger partial charge in [-0.05, 0) is 12.0 Å². The lowest BCUT2D eigenvalue weighted by molar-refractivity contribution is -0.896. The second-order valence-corrected chi connectivity index (χ2v) is 13.5. The Labute approximate surface area is 240 Å². The van der Waals surface area contributed by atoms with Crippen LogP contribution in [0.5, 0.6) is 0 Å². The third-order valence-corrected chi connectivity index (χ3v) is 8.30. The standard InChI is InChI=1S/C32H60NO5P/c1-5-6-7-8-9-10-11-12-13-14-15-16-17-18-19-23-26-37-28-31(30-24-21-20-22-25-30)27-32(33(2,3)4)29-38-39(34,35)36/h20-22,24-25,31-32H,5-19,23,26-29H2,1-4H3,(H-,34,35,36)/p+1. The van der Waals surface area contributed by atoms with Crippen LogP contribution >= 0.6 is 7.82 Å². The molecule has 0 aliphatic rings. The van der Waals surface area contributed by atoms with Crippen LogP contribution in [0.1, 0.15) is 128 Å². The molecule has 0 aliphatic heterocycles. The van der Waals surface area contributed by atoms with E-state index in [-0.39, 0.29) is 18.6 Å². The third kappa shape index (κ3) is 20.7. The molecule has 2 unspecified atom stereocenters. The van der Waals surface area contributed by atoms with Crippen LogP contribution in [0.4, 0.5) is 0 Å². The number of likely N-dealkylation sites (N-methyl/N-ethyl adjacent to an activating group) is 1. The van der Waals surface area contributed by atoms with Crippen LogP contribution in [0, 0.1) is 0 Å².